The van der Waals surface area contributed by atoms with Crippen molar-refractivity contribution >= 4 is 0 Å². The van der Waals surface area contributed by atoms with Crippen molar-refractivity contribution in [1.29, 1.82) is 0 Å². The van der Waals surface area contributed by atoms with E-state index in [2.05, 4.69) is 25.2 Å². The highest BCUT2D eigenvalue weighted by molar-refractivity contribution is 5.50. The van der Waals surface area contributed by atoms with Gasteiger partial charge in [-0.2, -0.15) is 0 Å². The lowest BCUT2D eigenvalue weighted by atomic mass is 10.0. The second-order valence-corrected chi connectivity index (χ2v) is 5.09. The van der Waals surface area contributed by atoms with Gasteiger partial charge in [-0.1, -0.05) is 12.1 Å². The Labute approximate surface area is 103 Å². The molecule has 1 aliphatic heterocycles. The molecule has 1 N–H and O–H groups in total. The maximum absolute atomic E-state index is 5.94. The van der Waals surface area contributed by atoms with Crippen LogP contribution in [0.5, 0.6) is 11.5 Å². The van der Waals surface area contributed by atoms with E-state index in [1.807, 2.05) is 19.2 Å². The summed E-state index contributed by atoms with van der Waals surface area (Å²) in [5.41, 5.74) is 1.15. The fourth-order valence-corrected chi connectivity index (χ4v) is 2.13. The van der Waals surface area contributed by atoms with Crippen LogP contribution in [0, 0.1) is 0 Å². The number of nitrogens with one attached hydrogen (secondary N) is 1. The lowest BCUT2D eigenvalue weighted by Crippen LogP contribution is -2.24. The summed E-state index contributed by atoms with van der Waals surface area (Å²) in [5, 5.41) is 3.11. The van der Waals surface area contributed by atoms with E-state index in [0.717, 1.165) is 37.5 Å². The van der Waals surface area contributed by atoms with Crippen molar-refractivity contribution in [2.45, 2.75) is 32.3 Å². The number of para-hydroxylation sites is 1. The third kappa shape index (κ3) is 2.91. The Bertz CT molecular complexity index is 388. The van der Waals surface area contributed by atoms with E-state index >= 15 is 0 Å². The number of rotatable bonds is 5. The molecule has 3 nitrogen and oxygen atoms in total. The minimum Gasteiger partial charge on any atom is -0.490 e. The first-order valence-electron chi connectivity index (χ1n) is 6.21. The molecule has 0 aromatic heterocycles. The monoisotopic (exact) mass is 235 g/mol. The van der Waals surface area contributed by atoms with Crippen LogP contribution in [0.4, 0.5) is 0 Å². The van der Waals surface area contributed by atoms with Gasteiger partial charge in [0.1, 0.15) is 5.60 Å². The highest BCUT2D eigenvalue weighted by Gasteiger charge is 2.32. The molecule has 0 saturated carbocycles. The van der Waals surface area contributed by atoms with Gasteiger partial charge in [0.05, 0.1) is 6.61 Å². The van der Waals surface area contributed by atoms with E-state index in [-0.39, 0.29) is 5.60 Å². The van der Waals surface area contributed by atoms with Crippen molar-refractivity contribution in [2.75, 3.05) is 20.2 Å². The van der Waals surface area contributed by atoms with Gasteiger partial charge in [-0.05, 0) is 39.9 Å². The first-order chi connectivity index (χ1) is 8.12. The van der Waals surface area contributed by atoms with Crippen molar-refractivity contribution in [3.8, 4) is 11.5 Å². The fraction of sp³-hybridized carbons (Fsp3) is 0.571. The standard InChI is InChI=1S/C14H21NO2/c1-14(2)10-11-6-4-7-12(13(11)17-14)16-9-5-8-15-3/h4,6-7,15H,5,8-10H2,1-3H3. The molecular weight excluding hydrogens is 214 g/mol. The number of hydrogen-bond donors (Lipinski definition) is 1. The summed E-state index contributed by atoms with van der Waals surface area (Å²) in [4.78, 5) is 0. The molecule has 1 aromatic carbocycles. The number of ether oxygens (including phenoxy) is 2. The first-order valence-corrected chi connectivity index (χ1v) is 6.21. The van der Waals surface area contributed by atoms with Crippen molar-refractivity contribution in [1.82, 2.24) is 5.32 Å². The Balaban J connectivity index is 2.03. The maximum Gasteiger partial charge on any atom is 0.165 e. The summed E-state index contributed by atoms with van der Waals surface area (Å²) in [5.74, 6) is 1.81. The molecular formula is C14H21NO2. The second-order valence-electron chi connectivity index (χ2n) is 5.09. The molecule has 0 spiro atoms. The lowest BCUT2D eigenvalue weighted by molar-refractivity contribution is 0.132. The molecule has 2 rings (SSSR count). The third-order valence-corrected chi connectivity index (χ3v) is 2.88. The average molecular weight is 235 g/mol. The molecule has 0 radical (unpaired) electrons. The molecule has 3 heteroatoms. The van der Waals surface area contributed by atoms with E-state index < -0.39 is 0 Å². The van der Waals surface area contributed by atoms with Crippen LogP contribution in [0.2, 0.25) is 0 Å². The smallest absolute Gasteiger partial charge is 0.165 e. The lowest BCUT2D eigenvalue weighted by Gasteiger charge is -2.18. The van der Waals surface area contributed by atoms with Gasteiger partial charge < -0.3 is 14.8 Å². The minimum atomic E-state index is -0.104. The van der Waals surface area contributed by atoms with Crippen molar-refractivity contribution in [3.63, 3.8) is 0 Å². The topological polar surface area (TPSA) is 30.5 Å². The van der Waals surface area contributed by atoms with Gasteiger partial charge in [0, 0.05) is 12.0 Å². The molecule has 1 aliphatic rings. The predicted molar refractivity (Wildman–Crippen MR) is 68.9 cm³/mol. The molecule has 0 atom stereocenters. The Kier molecular flexibility index (Phi) is 3.57. The Morgan fingerprint density at radius 3 is 3.00 bits per heavy atom. The van der Waals surface area contributed by atoms with Crippen molar-refractivity contribution < 1.29 is 9.47 Å². The van der Waals surface area contributed by atoms with Gasteiger partial charge in [-0.15, -0.1) is 0 Å². The Hall–Kier alpha value is -1.22. The molecule has 0 amide bonds. The summed E-state index contributed by atoms with van der Waals surface area (Å²) >= 11 is 0. The SMILES string of the molecule is CNCCCOc1cccc2c1OC(C)(C)C2. The van der Waals surface area contributed by atoms with Gasteiger partial charge >= 0.3 is 0 Å². The van der Waals surface area contributed by atoms with E-state index in [1.165, 1.54) is 5.56 Å². The van der Waals surface area contributed by atoms with E-state index in [9.17, 15) is 0 Å². The van der Waals surface area contributed by atoms with E-state index in [1.54, 1.807) is 0 Å². The molecule has 0 fully saturated rings. The zero-order valence-corrected chi connectivity index (χ0v) is 10.9. The number of fused-ring (bicyclic) bond motifs is 1. The van der Waals surface area contributed by atoms with Gasteiger partial charge in [0.25, 0.3) is 0 Å². The number of hydrogen-bond acceptors (Lipinski definition) is 3. The largest absolute Gasteiger partial charge is 0.490 e. The van der Waals surface area contributed by atoms with Crippen LogP contribution in [0.25, 0.3) is 0 Å². The number of benzene rings is 1. The quantitative estimate of drug-likeness (QED) is 0.795. The highest BCUT2D eigenvalue weighted by atomic mass is 16.5. The van der Waals surface area contributed by atoms with E-state index in [4.69, 9.17) is 9.47 Å². The molecule has 0 saturated heterocycles. The summed E-state index contributed by atoms with van der Waals surface area (Å²) < 4.78 is 11.7. The molecule has 0 aliphatic carbocycles. The summed E-state index contributed by atoms with van der Waals surface area (Å²) in [6, 6.07) is 6.14. The molecule has 94 valence electrons. The summed E-state index contributed by atoms with van der Waals surface area (Å²) in [6.45, 7) is 5.91. The first kappa shape index (κ1) is 12.2. The zero-order chi connectivity index (χ0) is 12.3. The summed E-state index contributed by atoms with van der Waals surface area (Å²) in [6.07, 6.45) is 1.96. The molecule has 0 unspecified atom stereocenters. The zero-order valence-electron chi connectivity index (χ0n) is 10.9. The van der Waals surface area contributed by atoms with Crippen LogP contribution < -0.4 is 14.8 Å². The van der Waals surface area contributed by atoms with E-state index in [0.29, 0.717) is 0 Å². The second kappa shape index (κ2) is 4.96. The minimum absolute atomic E-state index is 0.104. The Morgan fingerprint density at radius 2 is 2.24 bits per heavy atom. The van der Waals surface area contributed by atoms with Crippen LogP contribution in [-0.2, 0) is 6.42 Å². The highest BCUT2D eigenvalue weighted by Crippen LogP contribution is 2.41. The molecule has 0 bridgehead atoms. The van der Waals surface area contributed by atoms with Crippen LogP contribution in [0.1, 0.15) is 25.8 Å². The van der Waals surface area contributed by atoms with Gasteiger partial charge in [-0.3, -0.25) is 0 Å². The van der Waals surface area contributed by atoms with Crippen molar-refractivity contribution in [2.24, 2.45) is 0 Å². The van der Waals surface area contributed by atoms with Gasteiger partial charge in [0.15, 0.2) is 11.5 Å². The normalized spacial score (nSPS) is 16.4. The molecule has 17 heavy (non-hydrogen) atoms. The maximum atomic E-state index is 5.94. The molecule has 1 aromatic rings. The van der Waals surface area contributed by atoms with Crippen LogP contribution in [0.3, 0.4) is 0 Å². The molecule has 1 heterocycles. The summed E-state index contributed by atoms with van der Waals surface area (Å²) in [7, 11) is 1.95. The third-order valence-electron chi connectivity index (χ3n) is 2.88. The Morgan fingerprint density at radius 1 is 1.41 bits per heavy atom. The van der Waals surface area contributed by atoms with Crippen LogP contribution in [-0.4, -0.2) is 25.8 Å². The van der Waals surface area contributed by atoms with Gasteiger partial charge in [0.2, 0.25) is 0 Å². The van der Waals surface area contributed by atoms with Crippen LogP contribution >= 0.6 is 0 Å². The predicted octanol–water partition coefficient (Wildman–Crippen LogP) is 2.39. The average Bonchev–Trinajstić information content (AvgIpc) is 2.59. The van der Waals surface area contributed by atoms with Crippen LogP contribution in [0.15, 0.2) is 18.2 Å². The van der Waals surface area contributed by atoms with Crippen molar-refractivity contribution in [3.05, 3.63) is 23.8 Å². The fourth-order valence-electron chi connectivity index (χ4n) is 2.13. The van der Waals surface area contributed by atoms with Gasteiger partial charge in [-0.25, -0.2) is 0 Å².